The minimum absolute atomic E-state index is 0.149. The summed E-state index contributed by atoms with van der Waals surface area (Å²) in [6.45, 7) is 5.57. The molecule has 0 fully saturated rings. The van der Waals surface area contributed by atoms with E-state index in [1.807, 2.05) is 12.1 Å². The van der Waals surface area contributed by atoms with Gasteiger partial charge in [-0.2, -0.15) is 0 Å². The SMILES string of the molecule is CCOC(=O)C1=C(C)NC2=C(C(=O)[C@H](C(=O)OCC)[C@@H](c3ccc(OC)cc3)C2)[C@H]1c1ccc(Cl)cc1. The monoisotopic (exact) mass is 523 g/mol. The highest BCUT2D eigenvalue weighted by molar-refractivity contribution is 6.30. The minimum Gasteiger partial charge on any atom is -0.497 e. The van der Waals surface area contributed by atoms with E-state index in [2.05, 4.69) is 5.32 Å². The number of allylic oxidation sites excluding steroid dienone is 3. The largest absolute Gasteiger partial charge is 0.497 e. The number of ketones is 1. The number of rotatable bonds is 7. The molecular formula is C29H30ClNO6. The van der Waals surface area contributed by atoms with Gasteiger partial charge in [0.15, 0.2) is 5.78 Å². The molecule has 2 aromatic carbocycles. The molecule has 2 aliphatic rings. The van der Waals surface area contributed by atoms with Gasteiger partial charge in [0.05, 0.1) is 25.9 Å². The van der Waals surface area contributed by atoms with Gasteiger partial charge in [0.2, 0.25) is 0 Å². The fraction of sp³-hybridized carbons (Fsp3) is 0.345. The zero-order valence-electron chi connectivity index (χ0n) is 21.3. The van der Waals surface area contributed by atoms with E-state index >= 15 is 0 Å². The number of nitrogens with one attached hydrogen (secondary N) is 1. The van der Waals surface area contributed by atoms with Gasteiger partial charge in [-0.15, -0.1) is 0 Å². The van der Waals surface area contributed by atoms with E-state index in [-0.39, 0.29) is 19.0 Å². The number of halogens is 1. The van der Waals surface area contributed by atoms with Crippen molar-refractivity contribution in [3.63, 3.8) is 0 Å². The Kier molecular flexibility index (Phi) is 8.03. The van der Waals surface area contributed by atoms with Crippen LogP contribution in [-0.2, 0) is 23.9 Å². The molecule has 1 N–H and O–H groups in total. The Morgan fingerprint density at radius 1 is 0.973 bits per heavy atom. The first kappa shape index (κ1) is 26.5. The number of Topliss-reactive ketones (excluding diaryl/α,β-unsaturated/α-hetero) is 1. The summed E-state index contributed by atoms with van der Waals surface area (Å²) in [5.41, 5.74) is 3.52. The van der Waals surface area contributed by atoms with Crippen molar-refractivity contribution in [2.24, 2.45) is 5.92 Å². The number of carbonyl (C=O) groups is 3. The Labute approximate surface area is 221 Å². The molecule has 0 spiro atoms. The quantitative estimate of drug-likeness (QED) is 0.400. The lowest BCUT2D eigenvalue weighted by Crippen LogP contribution is -2.43. The Balaban J connectivity index is 1.87. The summed E-state index contributed by atoms with van der Waals surface area (Å²) in [6, 6.07) is 14.3. The third kappa shape index (κ3) is 5.14. The van der Waals surface area contributed by atoms with E-state index in [4.69, 9.17) is 25.8 Å². The summed E-state index contributed by atoms with van der Waals surface area (Å²) in [5, 5.41) is 3.83. The second-order valence-electron chi connectivity index (χ2n) is 8.94. The van der Waals surface area contributed by atoms with Gasteiger partial charge in [-0.3, -0.25) is 9.59 Å². The Bertz CT molecular complexity index is 1260. The fourth-order valence-electron chi connectivity index (χ4n) is 5.17. The smallest absolute Gasteiger partial charge is 0.336 e. The van der Waals surface area contributed by atoms with Crippen LogP contribution < -0.4 is 10.1 Å². The van der Waals surface area contributed by atoms with Crippen molar-refractivity contribution in [1.29, 1.82) is 0 Å². The molecule has 0 aromatic heterocycles. The zero-order chi connectivity index (χ0) is 26.7. The summed E-state index contributed by atoms with van der Waals surface area (Å²) in [4.78, 5) is 40.6. The third-order valence-corrected chi connectivity index (χ3v) is 7.05. The van der Waals surface area contributed by atoms with Crippen LogP contribution in [0, 0.1) is 5.92 Å². The Hall–Kier alpha value is -3.58. The van der Waals surface area contributed by atoms with Crippen LogP contribution >= 0.6 is 11.6 Å². The first-order chi connectivity index (χ1) is 17.8. The molecule has 1 heterocycles. The van der Waals surface area contributed by atoms with E-state index in [9.17, 15) is 14.4 Å². The van der Waals surface area contributed by atoms with E-state index in [0.29, 0.717) is 45.3 Å². The lowest BCUT2D eigenvalue weighted by molar-refractivity contribution is -0.152. The van der Waals surface area contributed by atoms with Gasteiger partial charge in [0.1, 0.15) is 11.7 Å². The van der Waals surface area contributed by atoms with E-state index < -0.39 is 29.7 Å². The van der Waals surface area contributed by atoms with Gasteiger partial charge >= 0.3 is 11.9 Å². The molecule has 3 atom stereocenters. The van der Waals surface area contributed by atoms with Crippen LogP contribution in [0.4, 0.5) is 0 Å². The molecule has 37 heavy (non-hydrogen) atoms. The first-order valence-electron chi connectivity index (χ1n) is 12.3. The number of hydrogen-bond acceptors (Lipinski definition) is 7. The first-order valence-corrected chi connectivity index (χ1v) is 12.7. The molecule has 8 heteroatoms. The molecule has 4 rings (SSSR count). The van der Waals surface area contributed by atoms with Crippen molar-refractivity contribution in [2.75, 3.05) is 20.3 Å². The van der Waals surface area contributed by atoms with Gasteiger partial charge in [0.25, 0.3) is 0 Å². The van der Waals surface area contributed by atoms with Crippen LogP contribution in [0.1, 0.15) is 50.2 Å². The molecule has 0 unspecified atom stereocenters. The average Bonchev–Trinajstić information content (AvgIpc) is 2.88. The summed E-state index contributed by atoms with van der Waals surface area (Å²) < 4.78 is 16.0. The highest BCUT2D eigenvalue weighted by atomic mass is 35.5. The summed E-state index contributed by atoms with van der Waals surface area (Å²) in [5.74, 6) is -3.03. The van der Waals surface area contributed by atoms with Crippen LogP contribution in [0.5, 0.6) is 5.75 Å². The molecule has 7 nitrogen and oxygen atoms in total. The van der Waals surface area contributed by atoms with Crippen molar-refractivity contribution in [3.05, 3.63) is 87.2 Å². The molecule has 0 saturated heterocycles. The van der Waals surface area contributed by atoms with Gasteiger partial charge in [-0.05, 0) is 62.6 Å². The Morgan fingerprint density at radius 2 is 1.59 bits per heavy atom. The van der Waals surface area contributed by atoms with Crippen LogP contribution in [0.25, 0.3) is 0 Å². The summed E-state index contributed by atoms with van der Waals surface area (Å²) in [6.07, 6.45) is 0.383. The fourth-order valence-corrected chi connectivity index (χ4v) is 5.30. The molecular weight excluding hydrogens is 494 g/mol. The molecule has 0 amide bonds. The van der Waals surface area contributed by atoms with Crippen LogP contribution in [0.2, 0.25) is 5.02 Å². The average molecular weight is 524 g/mol. The number of dihydropyridines is 1. The molecule has 194 valence electrons. The Morgan fingerprint density at radius 3 is 2.19 bits per heavy atom. The van der Waals surface area contributed by atoms with E-state index in [1.54, 1.807) is 64.3 Å². The second-order valence-corrected chi connectivity index (χ2v) is 9.38. The zero-order valence-corrected chi connectivity index (χ0v) is 22.1. The van der Waals surface area contributed by atoms with Crippen LogP contribution in [-0.4, -0.2) is 38.0 Å². The van der Waals surface area contributed by atoms with Crippen LogP contribution in [0.3, 0.4) is 0 Å². The molecule has 0 radical (unpaired) electrons. The van der Waals surface area contributed by atoms with E-state index in [0.717, 1.165) is 5.56 Å². The maximum absolute atomic E-state index is 14.2. The number of esters is 2. The highest BCUT2D eigenvalue weighted by Gasteiger charge is 2.49. The van der Waals surface area contributed by atoms with Crippen molar-refractivity contribution >= 4 is 29.3 Å². The standard InChI is InChI=1S/C29H30ClNO6/c1-5-36-28(33)23-16(3)31-22-15-21(17-9-13-20(35-4)14-10-17)25(29(34)37-6-2)27(32)26(22)24(23)18-7-11-19(30)12-8-18/h7-14,21,24-25,31H,5-6,15H2,1-4H3/t21-,24+,25-/m1/s1. The van der Waals surface area contributed by atoms with Gasteiger partial charge < -0.3 is 19.5 Å². The second kappa shape index (κ2) is 11.2. The molecule has 0 saturated carbocycles. The number of ether oxygens (including phenoxy) is 3. The minimum atomic E-state index is -1.06. The molecule has 1 aliphatic carbocycles. The van der Waals surface area contributed by atoms with Crippen LogP contribution in [0.15, 0.2) is 71.1 Å². The maximum Gasteiger partial charge on any atom is 0.336 e. The predicted octanol–water partition coefficient (Wildman–Crippen LogP) is 5.06. The number of benzene rings is 2. The van der Waals surface area contributed by atoms with Crippen molar-refractivity contribution in [2.45, 2.75) is 39.0 Å². The predicted molar refractivity (Wildman–Crippen MR) is 139 cm³/mol. The molecule has 0 bridgehead atoms. The van der Waals surface area contributed by atoms with Gasteiger partial charge in [-0.1, -0.05) is 35.9 Å². The topological polar surface area (TPSA) is 90.9 Å². The number of methoxy groups -OCH3 is 1. The summed E-state index contributed by atoms with van der Waals surface area (Å²) >= 11 is 6.14. The molecule has 1 aliphatic heterocycles. The maximum atomic E-state index is 14.2. The number of carbonyl (C=O) groups excluding carboxylic acids is 3. The normalized spacial score (nSPS) is 21.2. The lowest BCUT2D eigenvalue weighted by atomic mass is 9.67. The highest BCUT2D eigenvalue weighted by Crippen LogP contribution is 2.48. The van der Waals surface area contributed by atoms with Crippen molar-refractivity contribution < 1.29 is 28.6 Å². The summed E-state index contributed by atoms with van der Waals surface area (Å²) in [7, 11) is 1.58. The van der Waals surface area contributed by atoms with E-state index in [1.165, 1.54) is 0 Å². The third-order valence-electron chi connectivity index (χ3n) is 6.80. The van der Waals surface area contributed by atoms with Gasteiger partial charge in [-0.25, -0.2) is 4.79 Å². The van der Waals surface area contributed by atoms with Crippen molar-refractivity contribution in [1.82, 2.24) is 5.32 Å². The van der Waals surface area contributed by atoms with Crippen molar-refractivity contribution in [3.8, 4) is 5.75 Å². The lowest BCUT2D eigenvalue weighted by Gasteiger charge is -2.39. The molecule has 2 aromatic rings. The number of hydrogen-bond donors (Lipinski definition) is 1. The van der Waals surface area contributed by atoms with Gasteiger partial charge in [0, 0.05) is 33.8 Å².